The summed E-state index contributed by atoms with van der Waals surface area (Å²) in [5.74, 6) is -0.192. The number of benzene rings is 1. The van der Waals surface area contributed by atoms with Crippen LogP contribution in [-0.4, -0.2) is 33.6 Å². The molecule has 0 aliphatic carbocycles. The lowest BCUT2D eigenvalue weighted by molar-refractivity contribution is -0.138. The van der Waals surface area contributed by atoms with Crippen LogP contribution < -0.4 is 4.90 Å². The van der Waals surface area contributed by atoms with E-state index in [-0.39, 0.29) is 5.28 Å². The molecule has 0 radical (unpaired) electrons. The zero-order valence-electron chi connectivity index (χ0n) is 15.4. The lowest BCUT2D eigenvalue weighted by atomic mass is 9.99. The molecule has 0 saturated carbocycles. The molecule has 0 amide bonds. The van der Waals surface area contributed by atoms with Gasteiger partial charge in [0.1, 0.15) is 16.7 Å². The van der Waals surface area contributed by atoms with E-state index >= 15 is 0 Å². The summed E-state index contributed by atoms with van der Waals surface area (Å²) in [7, 11) is 0. The SMILES string of the molecule is Cc1ccc(-c2c(C)sc3nc(Cl)nc(N4CCCC4C(=O)O)c23)cc1C. The molecule has 1 saturated heterocycles. The monoisotopic (exact) mass is 401 g/mol. The second-order valence-corrected chi connectivity index (χ2v) is 8.56. The summed E-state index contributed by atoms with van der Waals surface area (Å²) in [5.41, 5.74) is 4.62. The van der Waals surface area contributed by atoms with Crippen molar-refractivity contribution in [2.45, 2.75) is 39.7 Å². The second-order valence-electron chi connectivity index (χ2n) is 7.02. The molecule has 1 aliphatic rings. The van der Waals surface area contributed by atoms with E-state index in [1.54, 1.807) is 11.3 Å². The highest BCUT2D eigenvalue weighted by molar-refractivity contribution is 7.19. The van der Waals surface area contributed by atoms with Crippen LogP contribution >= 0.6 is 22.9 Å². The van der Waals surface area contributed by atoms with Gasteiger partial charge in [-0.15, -0.1) is 11.3 Å². The Bertz CT molecular complexity index is 1060. The number of nitrogens with zero attached hydrogens (tertiary/aromatic N) is 3. The third-order valence-corrected chi connectivity index (χ3v) is 6.45. The van der Waals surface area contributed by atoms with Crippen LogP contribution in [0, 0.1) is 20.8 Å². The molecule has 0 bridgehead atoms. The fraction of sp³-hybridized carbons (Fsp3) is 0.350. The van der Waals surface area contributed by atoms with Crippen molar-refractivity contribution in [1.82, 2.24) is 9.97 Å². The fourth-order valence-corrected chi connectivity index (χ4v) is 5.05. The summed E-state index contributed by atoms with van der Waals surface area (Å²) in [6.45, 7) is 6.90. The Morgan fingerprint density at radius 2 is 2.04 bits per heavy atom. The molecule has 1 unspecified atom stereocenters. The van der Waals surface area contributed by atoms with Gasteiger partial charge >= 0.3 is 5.97 Å². The Kier molecular flexibility index (Phi) is 4.56. The maximum Gasteiger partial charge on any atom is 0.326 e. The van der Waals surface area contributed by atoms with Gasteiger partial charge in [-0.05, 0) is 61.9 Å². The average Bonchev–Trinajstić information content (AvgIpc) is 3.20. The molecule has 27 heavy (non-hydrogen) atoms. The van der Waals surface area contributed by atoms with Crippen molar-refractivity contribution in [3.8, 4) is 11.1 Å². The van der Waals surface area contributed by atoms with Crippen LogP contribution in [0.4, 0.5) is 5.82 Å². The highest BCUT2D eigenvalue weighted by Gasteiger charge is 2.34. The molecule has 5 nitrogen and oxygen atoms in total. The predicted octanol–water partition coefficient (Wildman–Crippen LogP) is 4.99. The van der Waals surface area contributed by atoms with E-state index in [9.17, 15) is 9.90 Å². The van der Waals surface area contributed by atoms with Crippen LogP contribution in [0.5, 0.6) is 0 Å². The number of halogens is 1. The van der Waals surface area contributed by atoms with Gasteiger partial charge in [-0.1, -0.05) is 18.2 Å². The van der Waals surface area contributed by atoms with E-state index in [0.29, 0.717) is 18.8 Å². The number of aryl methyl sites for hydroxylation is 3. The number of thiophene rings is 1. The highest BCUT2D eigenvalue weighted by Crippen LogP contribution is 2.43. The van der Waals surface area contributed by atoms with Crippen molar-refractivity contribution >= 4 is 44.9 Å². The maximum absolute atomic E-state index is 11.7. The van der Waals surface area contributed by atoms with Gasteiger partial charge in [0.25, 0.3) is 0 Å². The fourth-order valence-electron chi connectivity index (χ4n) is 3.80. The normalized spacial score (nSPS) is 17.0. The smallest absolute Gasteiger partial charge is 0.326 e. The topological polar surface area (TPSA) is 66.3 Å². The lowest BCUT2D eigenvalue weighted by Crippen LogP contribution is -2.36. The third-order valence-electron chi connectivity index (χ3n) is 5.29. The summed E-state index contributed by atoms with van der Waals surface area (Å²) < 4.78 is 0. The van der Waals surface area contributed by atoms with Crippen molar-refractivity contribution in [2.24, 2.45) is 0 Å². The second kappa shape index (κ2) is 6.77. The van der Waals surface area contributed by atoms with Gasteiger partial charge < -0.3 is 10.0 Å². The van der Waals surface area contributed by atoms with E-state index in [1.165, 1.54) is 11.1 Å². The number of carboxylic acids is 1. The number of carboxylic acid groups (broad SMARTS) is 1. The number of rotatable bonds is 3. The molecule has 140 valence electrons. The van der Waals surface area contributed by atoms with Crippen LogP contribution in [0.25, 0.3) is 21.3 Å². The van der Waals surface area contributed by atoms with Crippen molar-refractivity contribution in [1.29, 1.82) is 0 Å². The summed E-state index contributed by atoms with van der Waals surface area (Å²) in [4.78, 5) is 24.4. The number of hydrogen-bond donors (Lipinski definition) is 1. The van der Waals surface area contributed by atoms with E-state index in [1.807, 2.05) is 4.90 Å². The standard InChI is InChI=1S/C20H20ClN3O2S/c1-10-6-7-13(9-11(10)2)15-12(3)27-18-16(15)17(22-20(21)23-18)24-8-4-5-14(24)19(25)26/h6-7,9,14H,4-5,8H2,1-3H3,(H,25,26). The van der Waals surface area contributed by atoms with Crippen molar-refractivity contribution in [2.75, 3.05) is 11.4 Å². The number of aromatic nitrogens is 2. The first-order valence-electron chi connectivity index (χ1n) is 8.90. The van der Waals surface area contributed by atoms with Gasteiger partial charge in [0, 0.05) is 17.0 Å². The number of carbonyl (C=O) groups is 1. The first kappa shape index (κ1) is 18.2. The Hall–Kier alpha value is -2.18. The van der Waals surface area contributed by atoms with Crippen molar-refractivity contribution in [3.05, 3.63) is 39.5 Å². The summed E-state index contributed by atoms with van der Waals surface area (Å²) in [6.07, 6.45) is 1.43. The summed E-state index contributed by atoms with van der Waals surface area (Å²) in [6, 6.07) is 5.81. The molecule has 1 atom stereocenters. The Morgan fingerprint density at radius 3 is 2.74 bits per heavy atom. The first-order chi connectivity index (χ1) is 12.9. The average molecular weight is 402 g/mol. The molecule has 7 heteroatoms. The van der Waals surface area contributed by atoms with Crippen molar-refractivity contribution < 1.29 is 9.90 Å². The quantitative estimate of drug-likeness (QED) is 0.626. The van der Waals surface area contributed by atoms with Gasteiger partial charge in [0.15, 0.2) is 0 Å². The maximum atomic E-state index is 11.7. The highest BCUT2D eigenvalue weighted by atomic mass is 35.5. The zero-order chi connectivity index (χ0) is 19.3. The number of anilines is 1. The lowest BCUT2D eigenvalue weighted by Gasteiger charge is -2.23. The van der Waals surface area contributed by atoms with E-state index in [0.717, 1.165) is 32.6 Å². The predicted molar refractivity (Wildman–Crippen MR) is 110 cm³/mol. The zero-order valence-corrected chi connectivity index (χ0v) is 17.0. The number of hydrogen-bond acceptors (Lipinski definition) is 5. The summed E-state index contributed by atoms with van der Waals surface area (Å²) >= 11 is 7.76. The molecule has 4 rings (SSSR count). The third kappa shape index (κ3) is 3.07. The van der Waals surface area contributed by atoms with Gasteiger partial charge in [-0.2, -0.15) is 4.98 Å². The molecule has 0 spiro atoms. The minimum absolute atomic E-state index is 0.154. The summed E-state index contributed by atoms with van der Waals surface area (Å²) in [5, 5.41) is 10.7. The minimum atomic E-state index is -0.824. The van der Waals surface area contributed by atoms with E-state index < -0.39 is 12.0 Å². The molecule has 3 aromatic rings. The number of aliphatic carboxylic acids is 1. The van der Waals surface area contributed by atoms with Gasteiger partial charge in [0.05, 0.1) is 5.39 Å². The van der Waals surface area contributed by atoms with E-state index in [2.05, 4.69) is 48.9 Å². The molecule has 1 N–H and O–H groups in total. The number of fused-ring (bicyclic) bond motifs is 1. The molecular formula is C20H20ClN3O2S. The minimum Gasteiger partial charge on any atom is -0.480 e. The molecule has 1 aliphatic heterocycles. The van der Waals surface area contributed by atoms with Crippen LogP contribution in [0.3, 0.4) is 0 Å². The van der Waals surface area contributed by atoms with E-state index in [4.69, 9.17) is 11.6 Å². The molecular weight excluding hydrogens is 382 g/mol. The molecule has 1 fully saturated rings. The molecule has 2 aromatic heterocycles. The Morgan fingerprint density at radius 1 is 1.26 bits per heavy atom. The van der Waals surface area contributed by atoms with Crippen LogP contribution in [0.2, 0.25) is 5.28 Å². The Balaban J connectivity index is 1.99. The first-order valence-corrected chi connectivity index (χ1v) is 10.1. The van der Waals surface area contributed by atoms with Crippen LogP contribution in [0.1, 0.15) is 28.8 Å². The van der Waals surface area contributed by atoms with Gasteiger partial charge in [-0.3, -0.25) is 0 Å². The van der Waals surface area contributed by atoms with Gasteiger partial charge in [-0.25, -0.2) is 9.78 Å². The molecule has 1 aromatic carbocycles. The van der Waals surface area contributed by atoms with Crippen molar-refractivity contribution in [3.63, 3.8) is 0 Å². The van der Waals surface area contributed by atoms with Crippen LogP contribution in [-0.2, 0) is 4.79 Å². The Labute approximate surface area is 166 Å². The van der Waals surface area contributed by atoms with Crippen LogP contribution in [0.15, 0.2) is 18.2 Å². The van der Waals surface area contributed by atoms with Gasteiger partial charge in [0.2, 0.25) is 5.28 Å². The molecule has 3 heterocycles. The largest absolute Gasteiger partial charge is 0.480 e.